The normalized spacial score (nSPS) is 12.0. The van der Waals surface area contributed by atoms with E-state index in [-0.39, 0.29) is 18.9 Å². The molecule has 0 spiro atoms. The van der Waals surface area contributed by atoms with Gasteiger partial charge in [0, 0.05) is 24.5 Å². The molecule has 208 valence electrons. The van der Waals surface area contributed by atoms with Crippen molar-refractivity contribution in [2.75, 3.05) is 23.7 Å². The van der Waals surface area contributed by atoms with Crippen molar-refractivity contribution in [2.24, 2.45) is 0 Å². The quantitative estimate of drug-likeness (QED) is 0.336. The Hall–Kier alpha value is -3.36. The summed E-state index contributed by atoms with van der Waals surface area (Å²) in [6.07, 6.45) is 2.07. The summed E-state index contributed by atoms with van der Waals surface area (Å²) in [4.78, 5) is 29.1. The van der Waals surface area contributed by atoms with E-state index in [4.69, 9.17) is 11.6 Å². The zero-order chi connectivity index (χ0) is 28.6. The molecule has 3 aromatic carbocycles. The third-order valence-corrected chi connectivity index (χ3v) is 7.97. The highest BCUT2D eigenvalue weighted by molar-refractivity contribution is 7.92. The Morgan fingerprint density at radius 1 is 0.923 bits per heavy atom. The first kappa shape index (κ1) is 30.2. The zero-order valence-electron chi connectivity index (χ0n) is 22.9. The summed E-state index contributed by atoms with van der Waals surface area (Å²) >= 11 is 6.47. The van der Waals surface area contributed by atoms with Gasteiger partial charge in [0.05, 0.1) is 11.9 Å². The lowest BCUT2D eigenvalue weighted by molar-refractivity contribution is -0.140. The average Bonchev–Trinajstić information content (AvgIpc) is 2.89. The van der Waals surface area contributed by atoms with Crippen LogP contribution in [-0.4, -0.2) is 50.5 Å². The highest BCUT2D eigenvalue weighted by atomic mass is 35.5. The van der Waals surface area contributed by atoms with Gasteiger partial charge in [-0.2, -0.15) is 0 Å². The van der Waals surface area contributed by atoms with Crippen molar-refractivity contribution < 1.29 is 18.0 Å². The van der Waals surface area contributed by atoms with Crippen LogP contribution in [0.25, 0.3) is 0 Å². The molecular weight excluding hydrogens is 534 g/mol. The number of carbonyl (C=O) groups excluding carboxylic acids is 2. The molecule has 0 fully saturated rings. The average molecular weight is 570 g/mol. The molecule has 3 aromatic rings. The molecule has 3 rings (SSSR count). The Kier molecular flexibility index (Phi) is 10.5. The van der Waals surface area contributed by atoms with Crippen LogP contribution < -0.4 is 9.62 Å². The van der Waals surface area contributed by atoms with Crippen molar-refractivity contribution in [3.8, 4) is 0 Å². The van der Waals surface area contributed by atoms with Crippen LogP contribution in [0.1, 0.15) is 35.6 Å². The first-order valence-corrected chi connectivity index (χ1v) is 15.1. The van der Waals surface area contributed by atoms with Crippen LogP contribution in [0.4, 0.5) is 5.69 Å². The third kappa shape index (κ3) is 8.07. The summed E-state index contributed by atoms with van der Waals surface area (Å²) < 4.78 is 27.1. The number of aryl methyl sites for hydroxylation is 2. The molecule has 9 heteroatoms. The number of sulfonamides is 1. The van der Waals surface area contributed by atoms with Crippen molar-refractivity contribution in [3.05, 3.63) is 100 Å². The second-order valence-electron chi connectivity index (χ2n) is 9.62. The largest absolute Gasteiger partial charge is 0.354 e. The van der Waals surface area contributed by atoms with Crippen molar-refractivity contribution in [1.29, 1.82) is 0 Å². The van der Waals surface area contributed by atoms with Crippen LogP contribution >= 0.6 is 11.6 Å². The molecule has 39 heavy (non-hydrogen) atoms. The summed E-state index contributed by atoms with van der Waals surface area (Å²) in [6, 6.07) is 21.1. The lowest BCUT2D eigenvalue weighted by Crippen LogP contribution is -2.53. The van der Waals surface area contributed by atoms with E-state index in [0.29, 0.717) is 22.8 Å². The smallest absolute Gasteiger partial charge is 0.244 e. The van der Waals surface area contributed by atoms with Gasteiger partial charge in [0.2, 0.25) is 21.8 Å². The number of anilines is 1. The van der Waals surface area contributed by atoms with Gasteiger partial charge >= 0.3 is 0 Å². The number of rotatable bonds is 12. The van der Waals surface area contributed by atoms with E-state index in [1.54, 1.807) is 18.2 Å². The van der Waals surface area contributed by atoms with Gasteiger partial charge in [-0.25, -0.2) is 8.42 Å². The minimum Gasteiger partial charge on any atom is -0.354 e. The molecule has 0 aliphatic rings. The van der Waals surface area contributed by atoms with E-state index in [1.807, 2.05) is 75.4 Å². The Morgan fingerprint density at radius 2 is 1.54 bits per heavy atom. The fourth-order valence-electron chi connectivity index (χ4n) is 4.50. The van der Waals surface area contributed by atoms with Gasteiger partial charge in [-0.3, -0.25) is 13.9 Å². The van der Waals surface area contributed by atoms with E-state index in [9.17, 15) is 18.0 Å². The fraction of sp³-hybridized carbons (Fsp3) is 0.333. The molecule has 0 radical (unpaired) electrons. The number of amides is 2. The number of hydrogen-bond donors (Lipinski definition) is 1. The number of para-hydroxylation sites is 1. The minimum atomic E-state index is -3.83. The molecule has 0 saturated carbocycles. The van der Waals surface area contributed by atoms with Gasteiger partial charge in [0.15, 0.2) is 0 Å². The predicted molar refractivity (Wildman–Crippen MR) is 157 cm³/mol. The molecule has 0 aliphatic heterocycles. The van der Waals surface area contributed by atoms with Crippen LogP contribution in [-0.2, 0) is 32.6 Å². The molecule has 1 atom stereocenters. The highest BCUT2D eigenvalue weighted by Crippen LogP contribution is 2.28. The molecular formula is C30H36ClN3O4S. The monoisotopic (exact) mass is 569 g/mol. The van der Waals surface area contributed by atoms with Gasteiger partial charge in [0.25, 0.3) is 0 Å². The summed E-state index contributed by atoms with van der Waals surface area (Å²) in [5.74, 6) is -0.810. The van der Waals surface area contributed by atoms with E-state index < -0.39 is 28.5 Å². The maximum absolute atomic E-state index is 14.1. The molecule has 0 aliphatic carbocycles. The Balaban J connectivity index is 2.09. The lowest BCUT2D eigenvalue weighted by Gasteiger charge is -2.34. The topological polar surface area (TPSA) is 86.8 Å². The van der Waals surface area contributed by atoms with Crippen LogP contribution in [0.2, 0.25) is 5.02 Å². The Labute approximate surface area is 236 Å². The lowest BCUT2D eigenvalue weighted by atomic mass is 10.0. The number of halogens is 1. The third-order valence-electron chi connectivity index (χ3n) is 6.49. The van der Waals surface area contributed by atoms with E-state index in [2.05, 4.69) is 5.32 Å². The fourth-order valence-corrected chi connectivity index (χ4v) is 5.67. The standard InChI is InChI=1S/C30H36ClN3O4S/c1-5-18-32-30(36)27(19-24-14-7-6-8-15-24)33(20-25-16-9-10-17-26(25)31)28(35)21-34(39(4,37)38)29-22(2)12-11-13-23(29)3/h6-17,27H,5,18-21H2,1-4H3,(H,32,36)/t27-/m0/s1. The van der Waals surface area contributed by atoms with Crippen molar-refractivity contribution in [1.82, 2.24) is 10.2 Å². The van der Waals surface area contributed by atoms with Gasteiger partial charge in [0.1, 0.15) is 12.6 Å². The Morgan fingerprint density at radius 3 is 2.13 bits per heavy atom. The Bertz CT molecular complexity index is 1380. The van der Waals surface area contributed by atoms with E-state index in [1.165, 1.54) is 4.90 Å². The molecule has 0 saturated heterocycles. The summed E-state index contributed by atoms with van der Waals surface area (Å²) in [7, 11) is -3.83. The predicted octanol–water partition coefficient (Wildman–Crippen LogP) is 4.89. The molecule has 2 amide bonds. The van der Waals surface area contributed by atoms with Gasteiger partial charge in [-0.1, -0.05) is 85.3 Å². The van der Waals surface area contributed by atoms with Crippen LogP contribution in [0.5, 0.6) is 0 Å². The maximum Gasteiger partial charge on any atom is 0.244 e. The summed E-state index contributed by atoms with van der Waals surface area (Å²) in [6.45, 7) is 5.61. The maximum atomic E-state index is 14.1. The molecule has 7 nitrogen and oxygen atoms in total. The number of nitrogens with one attached hydrogen (secondary N) is 1. The van der Waals surface area contributed by atoms with Gasteiger partial charge < -0.3 is 10.2 Å². The first-order valence-electron chi connectivity index (χ1n) is 12.9. The van der Waals surface area contributed by atoms with Crippen molar-refractivity contribution in [2.45, 2.75) is 46.2 Å². The molecule has 0 heterocycles. The number of hydrogen-bond acceptors (Lipinski definition) is 4. The summed E-state index contributed by atoms with van der Waals surface area (Å²) in [5, 5.41) is 3.38. The van der Waals surface area contributed by atoms with E-state index >= 15 is 0 Å². The summed E-state index contributed by atoms with van der Waals surface area (Å²) in [5.41, 5.74) is 3.45. The molecule has 0 aromatic heterocycles. The van der Waals surface area contributed by atoms with Gasteiger partial charge in [-0.05, 0) is 48.6 Å². The molecule has 0 bridgehead atoms. The van der Waals surface area contributed by atoms with Crippen LogP contribution in [0, 0.1) is 13.8 Å². The SMILES string of the molecule is CCCNC(=O)[C@H](Cc1ccccc1)N(Cc1ccccc1Cl)C(=O)CN(c1c(C)cccc1C)S(C)(=O)=O. The zero-order valence-corrected chi connectivity index (χ0v) is 24.4. The van der Waals surface area contributed by atoms with E-state index in [0.717, 1.165) is 33.7 Å². The second-order valence-corrected chi connectivity index (χ2v) is 11.9. The number of benzene rings is 3. The number of carbonyl (C=O) groups is 2. The minimum absolute atomic E-state index is 0.0416. The molecule has 0 unspecified atom stereocenters. The van der Waals surface area contributed by atoms with Gasteiger partial charge in [-0.15, -0.1) is 0 Å². The van der Waals surface area contributed by atoms with Crippen molar-refractivity contribution in [3.63, 3.8) is 0 Å². The second kappa shape index (κ2) is 13.6. The number of nitrogens with zero attached hydrogens (tertiary/aromatic N) is 2. The first-order chi connectivity index (χ1) is 18.5. The molecule has 1 N–H and O–H groups in total. The van der Waals surface area contributed by atoms with Crippen LogP contribution in [0.3, 0.4) is 0 Å². The van der Waals surface area contributed by atoms with Crippen molar-refractivity contribution >= 4 is 39.1 Å². The highest BCUT2D eigenvalue weighted by Gasteiger charge is 2.33. The van der Waals surface area contributed by atoms with Crippen LogP contribution in [0.15, 0.2) is 72.8 Å².